The summed E-state index contributed by atoms with van der Waals surface area (Å²) in [6.45, 7) is 9.78. The van der Waals surface area contributed by atoms with E-state index in [4.69, 9.17) is 25.7 Å². The van der Waals surface area contributed by atoms with Crippen LogP contribution in [0.5, 0.6) is 0 Å². The van der Waals surface area contributed by atoms with Gasteiger partial charge in [0.05, 0.1) is 5.02 Å². The summed E-state index contributed by atoms with van der Waals surface area (Å²) in [5.74, 6) is 0.954. The molecular formula is C33H30ClN3O4S. The number of benzene rings is 3. The minimum atomic E-state index is -0.535. The van der Waals surface area contributed by atoms with E-state index < -0.39 is 11.6 Å². The number of thiazole rings is 1. The van der Waals surface area contributed by atoms with Gasteiger partial charge in [0.1, 0.15) is 34.3 Å². The van der Waals surface area contributed by atoms with E-state index >= 15 is 0 Å². The number of anilines is 1. The minimum Gasteiger partial charge on any atom is -0.458 e. The fraction of sp³-hybridized carbons (Fsp3) is 0.273. The average molecular weight is 600 g/mol. The summed E-state index contributed by atoms with van der Waals surface area (Å²) in [6, 6.07) is 15.1. The van der Waals surface area contributed by atoms with Crippen molar-refractivity contribution in [1.29, 1.82) is 0 Å². The highest BCUT2D eigenvalue weighted by Crippen LogP contribution is 2.41. The van der Waals surface area contributed by atoms with Gasteiger partial charge in [-0.1, -0.05) is 41.9 Å². The van der Waals surface area contributed by atoms with Crippen LogP contribution >= 0.6 is 22.9 Å². The molecule has 0 saturated heterocycles. The molecule has 7 nitrogen and oxygen atoms in total. The van der Waals surface area contributed by atoms with E-state index in [0.717, 1.165) is 61.8 Å². The summed E-state index contributed by atoms with van der Waals surface area (Å²) >= 11 is 8.02. The number of aldehydes is 1. The molecule has 0 aliphatic carbocycles. The van der Waals surface area contributed by atoms with Crippen LogP contribution in [-0.4, -0.2) is 33.9 Å². The van der Waals surface area contributed by atoms with Crippen LogP contribution in [0.3, 0.4) is 0 Å². The van der Waals surface area contributed by atoms with Crippen molar-refractivity contribution in [3.05, 3.63) is 75.1 Å². The summed E-state index contributed by atoms with van der Waals surface area (Å²) in [6.07, 6.45) is 2.19. The second kappa shape index (κ2) is 10.7. The van der Waals surface area contributed by atoms with Crippen molar-refractivity contribution in [3.63, 3.8) is 0 Å². The van der Waals surface area contributed by atoms with Gasteiger partial charge in [0.2, 0.25) is 5.89 Å². The highest BCUT2D eigenvalue weighted by atomic mass is 35.5. The second-order valence-electron chi connectivity index (χ2n) is 11.5. The number of halogens is 1. The van der Waals surface area contributed by atoms with Crippen LogP contribution in [0.4, 0.5) is 5.82 Å². The number of rotatable bonds is 5. The number of ether oxygens (including phenoxy) is 1. The number of fused-ring (bicyclic) bond motifs is 2. The molecule has 0 spiro atoms. The van der Waals surface area contributed by atoms with Gasteiger partial charge in [0.25, 0.3) is 0 Å². The number of nitrogens with zero attached hydrogens (tertiary/aromatic N) is 2. The molecule has 5 aromatic rings. The fourth-order valence-electron chi connectivity index (χ4n) is 5.33. The smallest absolute Gasteiger partial charge is 0.329 e. The van der Waals surface area contributed by atoms with Gasteiger partial charge < -0.3 is 14.5 Å². The monoisotopic (exact) mass is 599 g/mol. The molecule has 0 saturated carbocycles. The third-order valence-electron chi connectivity index (χ3n) is 7.38. The molecule has 1 unspecified atom stereocenters. The van der Waals surface area contributed by atoms with E-state index in [-0.39, 0.29) is 5.97 Å². The summed E-state index contributed by atoms with van der Waals surface area (Å²) < 4.78 is 11.7. The molecule has 0 amide bonds. The zero-order chi connectivity index (χ0) is 29.8. The maximum atomic E-state index is 12.7. The average Bonchev–Trinajstić information content (AvgIpc) is 3.57. The van der Waals surface area contributed by atoms with Crippen molar-refractivity contribution in [1.82, 2.24) is 9.97 Å². The first-order chi connectivity index (χ1) is 20.0. The Morgan fingerprint density at radius 1 is 1.05 bits per heavy atom. The van der Waals surface area contributed by atoms with Crippen LogP contribution in [0.1, 0.15) is 53.6 Å². The van der Waals surface area contributed by atoms with E-state index in [0.29, 0.717) is 34.0 Å². The number of hydrogen-bond acceptors (Lipinski definition) is 8. The zero-order valence-corrected chi connectivity index (χ0v) is 25.6. The Morgan fingerprint density at radius 3 is 2.40 bits per heavy atom. The van der Waals surface area contributed by atoms with Gasteiger partial charge >= 0.3 is 5.97 Å². The Bertz CT molecular complexity index is 1870. The van der Waals surface area contributed by atoms with Crippen molar-refractivity contribution in [2.75, 3.05) is 5.32 Å². The molecule has 6 rings (SSSR count). The molecule has 0 radical (unpaired) electrons. The molecule has 1 aliphatic heterocycles. The van der Waals surface area contributed by atoms with Crippen molar-refractivity contribution in [2.24, 2.45) is 0 Å². The van der Waals surface area contributed by atoms with E-state index in [1.807, 2.05) is 45.9 Å². The lowest BCUT2D eigenvalue weighted by Crippen LogP contribution is -2.38. The van der Waals surface area contributed by atoms with E-state index in [1.54, 1.807) is 23.5 Å². The summed E-state index contributed by atoms with van der Waals surface area (Å²) in [7, 11) is 0. The SMILES string of the molecule is Cc1c(-c2nc3cc(C=O)cc(Cl)c3o2)cccc1-c1cccc(-c2nc3c(s2)CCC(C(=O)OC(C)(C)C)N3)c1C. The topological polar surface area (TPSA) is 94.3 Å². The van der Waals surface area contributed by atoms with Crippen molar-refractivity contribution >= 4 is 52.1 Å². The Kier molecular flexibility index (Phi) is 7.15. The lowest BCUT2D eigenvalue weighted by Gasteiger charge is -2.26. The van der Waals surface area contributed by atoms with Crippen LogP contribution in [0.25, 0.3) is 44.3 Å². The third kappa shape index (κ3) is 5.21. The summed E-state index contributed by atoms with van der Waals surface area (Å²) in [5.41, 5.74) is 7.04. The first-order valence-corrected chi connectivity index (χ1v) is 15.0. The molecule has 9 heteroatoms. The first kappa shape index (κ1) is 28.1. The number of aryl methyl sites for hydroxylation is 1. The quantitative estimate of drug-likeness (QED) is 0.160. The van der Waals surface area contributed by atoms with Crippen LogP contribution in [0.15, 0.2) is 52.9 Å². The van der Waals surface area contributed by atoms with E-state index in [9.17, 15) is 9.59 Å². The van der Waals surface area contributed by atoms with Crippen molar-refractivity contribution in [2.45, 2.75) is 59.1 Å². The van der Waals surface area contributed by atoms with E-state index in [1.165, 1.54) is 0 Å². The molecule has 3 heterocycles. The Labute approximate surface area is 252 Å². The summed E-state index contributed by atoms with van der Waals surface area (Å²) in [4.78, 5) is 34.7. The fourth-order valence-corrected chi connectivity index (χ4v) is 6.71. The lowest BCUT2D eigenvalue weighted by molar-refractivity contribution is -0.156. The molecule has 42 heavy (non-hydrogen) atoms. The first-order valence-electron chi connectivity index (χ1n) is 13.8. The number of oxazole rings is 1. The number of aromatic nitrogens is 2. The van der Waals surface area contributed by atoms with Gasteiger partial charge in [-0.25, -0.2) is 14.8 Å². The van der Waals surface area contributed by atoms with Gasteiger partial charge in [0.15, 0.2) is 5.58 Å². The highest BCUT2D eigenvalue weighted by Gasteiger charge is 2.31. The molecular weight excluding hydrogens is 570 g/mol. The minimum absolute atomic E-state index is 0.248. The molecule has 1 N–H and O–H groups in total. The molecule has 0 bridgehead atoms. The van der Waals surface area contributed by atoms with Gasteiger partial charge in [-0.15, -0.1) is 11.3 Å². The molecule has 1 atom stereocenters. The van der Waals surface area contributed by atoms with Crippen molar-refractivity contribution in [3.8, 4) is 33.2 Å². The molecule has 2 aromatic heterocycles. The van der Waals surface area contributed by atoms with Crippen LogP contribution in [0, 0.1) is 13.8 Å². The van der Waals surface area contributed by atoms with Gasteiger partial charge in [-0.2, -0.15) is 0 Å². The molecule has 3 aromatic carbocycles. The second-order valence-corrected chi connectivity index (χ2v) is 13.0. The number of esters is 1. The lowest BCUT2D eigenvalue weighted by atomic mass is 9.91. The van der Waals surface area contributed by atoms with Crippen molar-refractivity contribution < 1.29 is 18.7 Å². The van der Waals surface area contributed by atoms with Crippen LogP contribution < -0.4 is 5.32 Å². The number of hydrogen-bond donors (Lipinski definition) is 1. The Hall–Kier alpha value is -4.01. The van der Waals surface area contributed by atoms with Gasteiger partial charge in [-0.05, 0) is 87.9 Å². The molecule has 214 valence electrons. The number of carbonyl (C=O) groups is 2. The largest absolute Gasteiger partial charge is 0.458 e. The molecule has 1 aliphatic rings. The Balaban J connectivity index is 1.34. The van der Waals surface area contributed by atoms with Crippen LogP contribution in [-0.2, 0) is 16.0 Å². The van der Waals surface area contributed by atoms with E-state index in [2.05, 4.69) is 35.4 Å². The third-order valence-corrected chi connectivity index (χ3v) is 8.81. The Morgan fingerprint density at radius 2 is 1.71 bits per heavy atom. The van der Waals surface area contributed by atoms with Gasteiger partial charge in [-0.3, -0.25) is 4.79 Å². The predicted octanol–water partition coefficient (Wildman–Crippen LogP) is 8.44. The standard InChI is InChI=1S/C33H30ClN3O4S/c1-17-20(8-6-10-22(17)30-36-26-15-19(16-38)14-24(34)28(26)40-30)21-9-7-11-23(18(21)2)31-37-29-27(42-31)13-12-25(35-29)32(39)41-33(3,4)5/h6-11,14-16,25,35H,12-13H2,1-5H3. The number of carbonyl (C=O) groups excluding carboxylic acids is 2. The van der Waals surface area contributed by atoms with Crippen LogP contribution in [0.2, 0.25) is 5.02 Å². The number of nitrogens with one attached hydrogen (secondary N) is 1. The maximum Gasteiger partial charge on any atom is 0.329 e. The predicted molar refractivity (Wildman–Crippen MR) is 167 cm³/mol. The highest BCUT2D eigenvalue weighted by molar-refractivity contribution is 7.15. The normalized spacial score (nSPS) is 14.9. The summed E-state index contributed by atoms with van der Waals surface area (Å²) in [5, 5.41) is 4.57. The zero-order valence-electron chi connectivity index (χ0n) is 24.0. The van der Waals surface area contributed by atoms with Gasteiger partial charge in [0, 0.05) is 21.6 Å². The molecule has 0 fully saturated rings. The maximum absolute atomic E-state index is 12.7.